The summed E-state index contributed by atoms with van der Waals surface area (Å²) in [4.78, 5) is 25.6. The lowest BCUT2D eigenvalue weighted by Crippen LogP contribution is -2.59. The minimum atomic E-state index is -0.186. The Kier molecular flexibility index (Phi) is 4.00. The van der Waals surface area contributed by atoms with E-state index in [0.717, 1.165) is 38.5 Å². The smallest absolute Gasteiger partial charge is 0.137 e. The standard InChI is InChI=1S/C22H34O3/c1-12-9-15-17-6-5-16(13(2)23)22(17,4)11-19(25)20(15)21(3)8-7-14(24)10-18(12)21/h12,14-18,20,24H,5-11H2,1-4H3/t12?,14?,15-,16+,17-,18?,20+,21-,22+/m0/s1. The monoisotopic (exact) mass is 346 g/mol. The molecule has 0 spiro atoms. The zero-order valence-corrected chi connectivity index (χ0v) is 16.3. The zero-order chi connectivity index (χ0) is 18.1. The van der Waals surface area contributed by atoms with Gasteiger partial charge in [0.25, 0.3) is 0 Å². The third-order valence-corrected chi connectivity index (χ3v) is 9.18. The molecule has 0 heterocycles. The molecule has 0 bridgehead atoms. The highest BCUT2D eigenvalue weighted by Crippen LogP contribution is 2.67. The molecule has 4 aliphatic rings. The number of hydrogen-bond donors (Lipinski definition) is 1. The van der Waals surface area contributed by atoms with E-state index in [1.54, 1.807) is 6.92 Å². The molecule has 0 aromatic rings. The molecule has 140 valence electrons. The van der Waals surface area contributed by atoms with Crippen LogP contribution in [0.4, 0.5) is 0 Å². The summed E-state index contributed by atoms with van der Waals surface area (Å²) >= 11 is 0. The minimum Gasteiger partial charge on any atom is -0.393 e. The Morgan fingerprint density at radius 2 is 1.80 bits per heavy atom. The maximum atomic E-state index is 13.4. The quantitative estimate of drug-likeness (QED) is 0.780. The summed E-state index contributed by atoms with van der Waals surface area (Å²) in [5.41, 5.74) is -0.0601. The predicted molar refractivity (Wildman–Crippen MR) is 96.8 cm³/mol. The van der Waals surface area contributed by atoms with Crippen molar-refractivity contribution in [1.82, 2.24) is 0 Å². The van der Waals surface area contributed by atoms with Gasteiger partial charge in [-0.2, -0.15) is 0 Å². The molecule has 0 amide bonds. The van der Waals surface area contributed by atoms with Crippen LogP contribution in [0, 0.1) is 46.3 Å². The number of hydrogen-bond acceptors (Lipinski definition) is 3. The normalized spacial score (nSPS) is 55.2. The van der Waals surface area contributed by atoms with E-state index in [1.807, 2.05) is 0 Å². The summed E-state index contributed by atoms with van der Waals surface area (Å²) in [5.74, 6) is 2.95. The molecule has 3 nitrogen and oxygen atoms in total. The van der Waals surface area contributed by atoms with E-state index < -0.39 is 0 Å². The van der Waals surface area contributed by atoms with Gasteiger partial charge in [0.05, 0.1) is 6.10 Å². The summed E-state index contributed by atoms with van der Waals surface area (Å²) < 4.78 is 0. The first-order valence-electron chi connectivity index (χ1n) is 10.4. The molecule has 3 heteroatoms. The molecule has 25 heavy (non-hydrogen) atoms. The Labute approximate surface area is 151 Å². The van der Waals surface area contributed by atoms with Gasteiger partial charge in [-0.25, -0.2) is 0 Å². The Bertz CT molecular complexity index is 598. The molecule has 4 fully saturated rings. The summed E-state index contributed by atoms with van der Waals surface area (Å²) in [7, 11) is 0. The van der Waals surface area contributed by atoms with Crippen molar-refractivity contribution in [2.75, 3.05) is 0 Å². The van der Waals surface area contributed by atoms with Crippen LogP contribution >= 0.6 is 0 Å². The van der Waals surface area contributed by atoms with Crippen molar-refractivity contribution in [2.45, 2.75) is 78.7 Å². The molecule has 3 unspecified atom stereocenters. The predicted octanol–water partition coefficient (Wildman–Crippen LogP) is 4.02. The Morgan fingerprint density at radius 3 is 2.48 bits per heavy atom. The lowest BCUT2D eigenvalue weighted by molar-refractivity contribution is -0.169. The van der Waals surface area contributed by atoms with Crippen molar-refractivity contribution in [1.29, 1.82) is 0 Å². The van der Waals surface area contributed by atoms with E-state index in [-0.39, 0.29) is 34.6 Å². The Balaban J connectivity index is 1.72. The molecule has 0 radical (unpaired) electrons. The number of rotatable bonds is 1. The van der Waals surface area contributed by atoms with Crippen molar-refractivity contribution in [3.63, 3.8) is 0 Å². The van der Waals surface area contributed by atoms with Gasteiger partial charge in [-0.05, 0) is 80.0 Å². The molecule has 4 rings (SSSR count). The molecular weight excluding hydrogens is 312 g/mol. The van der Waals surface area contributed by atoms with Crippen LogP contribution in [-0.2, 0) is 9.59 Å². The lowest BCUT2D eigenvalue weighted by atomic mass is 9.42. The highest BCUT2D eigenvalue weighted by Gasteiger charge is 2.64. The van der Waals surface area contributed by atoms with E-state index in [4.69, 9.17) is 0 Å². The van der Waals surface area contributed by atoms with Crippen molar-refractivity contribution >= 4 is 11.6 Å². The van der Waals surface area contributed by atoms with Gasteiger partial charge in [0.1, 0.15) is 11.6 Å². The summed E-state index contributed by atoms with van der Waals surface area (Å²) in [5, 5.41) is 10.2. The zero-order valence-electron chi connectivity index (χ0n) is 16.3. The van der Waals surface area contributed by atoms with Crippen LogP contribution in [0.1, 0.15) is 72.6 Å². The number of aliphatic hydroxyl groups is 1. The van der Waals surface area contributed by atoms with E-state index >= 15 is 0 Å². The highest BCUT2D eigenvalue weighted by molar-refractivity contribution is 5.87. The third-order valence-electron chi connectivity index (χ3n) is 9.18. The second-order valence-electron chi connectivity index (χ2n) is 10.4. The van der Waals surface area contributed by atoms with Crippen LogP contribution in [0.5, 0.6) is 0 Å². The van der Waals surface area contributed by atoms with Crippen LogP contribution in [0.3, 0.4) is 0 Å². The number of carbonyl (C=O) groups is 2. The fourth-order valence-electron chi connectivity index (χ4n) is 8.21. The average Bonchev–Trinajstić information content (AvgIpc) is 2.85. The van der Waals surface area contributed by atoms with E-state index in [2.05, 4.69) is 20.8 Å². The van der Waals surface area contributed by atoms with Crippen molar-refractivity contribution in [3.8, 4) is 0 Å². The number of aliphatic hydroxyl groups excluding tert-OH is 1. The van der Waals surface area contributed by atoms with Crippen molar-refractivity contribution in [3.05, 3.63) is 0 Å². The molecule has 0 saturated heterocycles. The topological polar surface area (TPSA) is 54.4 Å². The lowest BCUT2D eigenvalue weighted by Gasteiger charge is -2.61. The summed E-state index contributed by atoms with van der Waals surface area (Å²) in [6.45, 7) is 8.63. The first-order valence-corrected chi connectivity index (χ1v) is 10.4. The van der Waals surface area contributed by atoms with Gasteiger partial charge in [0.2, 0.25) is 0 Å². The molecule has 0 aromatic carbocycles. The van der Waals surface area contributed by atoms with Gasteiger partial charge in [-0.15, -0.1) is 0 Å². The molecule has 0 aromatic heterocycles. The van der Waals surface area contributed by atoms with E-state index in [9.17, 15) is 14.7 Å². The van der Waals surface area contributed by atoms with Gasteiger partial charge < -0.3 is 5.11 Å². The molecular formula is C22H34O3. The molecule has 0 aliphatic heterocycles. The molecule has 4 aliphatic carbocycles. The maximum Gasteiger partial charge on any atom is 0.137 e. The van der Waals surface area contributed by atoms with E-state index in [0.29, 0.717) is 35.9 Å². The fourth-order valence-corrected chi connectivity index (χ4v) is 8.21. The van der Waals surface area contributed by atoms with Crippen LogP contribution in [0.15, 0.2) is 0 Å². The molecule has 4 saturated carbocycles. The summed E-state index contributed by atoms with van der Waals surface area (Å²) in [6, 6.07) is 0. The van der Waals surface area contributed by atoms with E-state index in [1.165, 1.54) is 0 Å². The molecule has 9 atom stereocenters. The summed E-state index contributed by atoms with van der Waals surface area (Å²) in [6.07, 6.45) is 6.30. The Hall–Kier alpha value is -0.700. The maximum absolute atomic E-state index is 13.4. The SMILES string of the molecule is CC(=O)[C@H]1CC[C@H]2[C@@H]3CC(C)C4CC(O)CC[C@]4(C)[C@H]3C(=O)C[C@]12C. The van der Waals surface area contributed by atoms with Crippen LogP contribution in [-0.4, -0.2) is 22.8 Å². The number of Topliss-reactive ketones (excluding diaryl/α,β-unsaturated/α-hetero) is 2. The van der Waals surface area contributed by atoms with Gasteiger partial charge in [-0.3, -0.25) is 9.59 Å². The van der Waals surface area contributed by atoms with Gasteiger partial charge >= 0.3 is 0 Å². The first-order chi connectivity index (χ1) is 11.7. The van der Waals surface area contributed by atoms with Crippen molar-refractivity contribution in [2.24, 2.45) is 46.3 Å². The van der Waals surface area contributed by atoms with Crippen LogP contribution in [0.25, 0.3) is 0 Å². The number of fused-ring (bicyclic) bond motifs is 5. The number of ketones is 2. The highest BCUT2D eigenvalue weighted by atomic mass is 16.3. The van der Waals surface area contributed by atoms with Crippen molar-refractivity contribution < 1.29 is 14.7 Å². The van der Waals surface area contributed by atoms with Crippen LogP contribution in [0.2, 0.25) is 0 Å². The number of carbonyl (C=O) groups excluding carboxylic acids is 2. The Morgan fingerprint density at radius 1 is 1.08 bits per heavy atom. The first kappa shape index (κ1) is 17.7. The fraction of sp³-hybridized carbons (Fsp3) is 0.909. The van der Waals surface area contributed by atoms with Gasteiger partial charge in [-0.1, -0.05) is 20.8 Å². The second kappa shape index (κ2) is 5.65. The minimum absolute atomic E-state index is 0.0499. The average molecular weight is 347 g/mol. The van der Waals surface area contributed by atoms with Crippen LogP contribution < -0.4 is 0 Å². The second-order valence-corrected chi connectivity index (χ2v) is 10.4. The largest absolute Gasteiger partial charge is 0.393 e. The molecule has 1 N–H and O–H groups in total. The third kappa shape index (κ3) is 2.33. The van der Waals surface area contributed by atoms with Gasteiger partial charge in [0, 0.05) is 18.3 Å². The van der Waals surface area contributed by atoms with Gasteiger partial charge in [0.15, 0.2) is 0 Å².